The molecule has 0 atom stereocenters. The lowest BCUT2D eigenvalue weighted by Gasteiger charge is -2.37. The number of aliphatic imine (C=N–C) groups is 1. The van der Waals surface area contributed by atoms with Gasteiger partial charge in [-0.3, -0.25) is 5.10 Å². The standard InChI is InChI=1S/C20H25N7S.HI/c1-2-21-20(27-10-8-26(9-11-27)18-7-4-12-28-18)22-14-16-5-3-6-17(13-16)19-23-15-24-25-19;/h3-7,12-13,15H,2,8-11,14H2,1H3,(H,21,22)(H,23,24,25);1H. The Morgan fingerprint density at radius 3 is 2.76 bits per heavy atom. The number of nitrogens with zero attached hydrogens (tertiary/aromatic N) is 5. The lowest BCUT2D eigenvalue weighted by Crippen LogP contribution is -2.52. The van der Waals surface area contributed by atoms with Gasteiger partial charge in [0, 0.05) is 38.3 Å². The molecule has 1 aliphatic rings. The minimum absolute atomic E-state index is 0. The first kappa shape index (κ1) is 21.6. The molecule has 7 nitrogen and oxygen atoms in total. The molecule has 3 heterocycles. The maximum Gasteiger partial charge on any atom is 0.194 e. The molecule has 1 fully saturated rings. The van der Waals surface area contributed by atoms with E-state index in [1.165, 1.54) is 11.3 Å². The highest BCUT2D eigenvalue weighted by molar-refractivity contribution is 14.0. The minimum Gasteiger partial charge on any atom is -0.360 e. The molecule has 1 aliphatic heterocycles. The number of guanidine groups is 1. The second-order valence-corrected chi connectivity index (χ2v) is 7.56. The largest absolute Gasteiger partial charge is 0.360 e. The van der Waals surface area contributed by atoms with Gasteiger partial charge in [-0.1, -0.05) is 18.2 Å². The number of aromatic nitrogens is 3. The van der Waals surface area contributed by atoms with E-state index in [1.807, 2.05) is 12.1 Å². The zero-order chi connectivity index (χ0) is 19.2. The van der Waals surface area contributed by atoms with Crippen LogP contribution >= 0.6 is 35.3 Å². The minimum atomic E-state index is 0. The third-order valence-electron chi connectivity index (χ3n) is 4.76. The third kappa shape index (κ3) is 5.47. The van der Waals surface area contributed by atoms with Crippen LogP contribution < -0.4 is 10.2 Å². The van der Waals surface area contributed by atoms with Crippen molar-refractivity contribution in [2.45, 2.75) is 13.5 Å². The fourth-order valence-corrected chi connectivity index (χ4v) is 4.13. The molecule has 1 saturated heterocycles. The molecular weight excluding hydrogens is 497 g/mol. The smallest absolute Gasteiger partial charge is 0.194 e. The summed E-state index contributed by atoms with van der Waals surface area (Å²) >= 11 is 1.81. The molecular formula is C20H26IN7S. The number of rotatable bonds is 5. The molecule has 29 heavy (non-hydrogen) atoms. The van der Waals surface area contributed by atoms with Crippen molar-refractivity contribution in [3.63, 3.8) is 0 Å². The van der Waals surface area contributed by atoms with Crippen LogP contribution in [0.2, 0.25) is 0 Å². The molecule has 0 radical (unpaired) electrons. The Morgan fingerprint density at radius 1 is 1.21 bits per heavy atom. The van der Waals surface area contributed by atoms with Gasteiger partial charge in [-0.25, -0.2) is 9.98 Å². The summed E-state index contributed by atoms with van der Waals surface area (Å²) in [5.74, 6) is 1.76. The zero-order valence-corrected chi connectivity index (χ0v) is 19.6. The van der Waals surface area contributed by atoms with E-state index in [4.69, 9.17) is 4.99 Å². The van der Waals surface area contributed by atoms with Crippen molar-refractivity contribution in [1.82, 2.24) is 25.4 Å². The molecule has 0 saturated carbocycles. The van der Waals surface area contributed by atoms with Crippen molar-refractivity contribution < 1.29 is 0 Å². The monoisotopic (exact) mass is 523 g/mol. The van der Waals surface area contributed by atoms with Crippen molar-refractivity contribution in [3.05, 3.63) is 53.7 Å². The molecule has 4 rings (SSSR count). The van der Waals surface area contributed by atoms with Gasteiger partial charge in [0.25, 0.3) is 0 Å². The second kappa shape index (κ2) is 10.6. The molecule has 3 aromatic rings. The summed E-state index contributed by atoms with van der Waals surface area (Å²) in [4.78, 5) is 13.9. The first-order valence-corrected chi connectivity index (χ1v) is 10.5. The molecule has 2 N–H and O–H groups in total. The SMILES string of the molecule is CCNC(=NCc1cccc(-c2ncn[nH]2)c1)N1CCN(c2cccs2)CC1.I. The van der Waals surface area contributed by atoms with Crippen LogP contribution in [-0.4, -0.2) is 58.8 Å². The van der Waals surface area contributed by atoms with Crippen LogP contribution in [0.3, 0.4) is 0 Å². The van der Waals surface area contributed by atoms with Crippen molar-refractivity contribution in [2.75, 3.05) is 37.6 Å². The predicted molar refractivity (Wildman–Crippen MR) is 130 cm³/mol. The van der Waals surface area contributed by atoms with Crippen molar-refractivity contribution in [1.29, 1.82) is 0 Å². The summed E-state index contributed by atoms with van der Waals surface area (Å²) in [7, 11) is 0. The summed E-state index contributed by atoms with van der Waals surface area (Å²) in [5.41, 5.74) is 2.18. The number of benzene rings is 1. The van der Waals surface area contributed by atoms with Gasteiger partial charge in [0.05, 0.1) is 11.5 Å². The number of piperazine rings is 1. The van der Waals surface area contributed by atoms with Gasteiger partial charge < -0.3 is 15.1 Å². The number of nitrogens with one attached hydrogen (secondary N) is 2. The molecule has 0 amide bonds. The Bertz CT molecular complexity index is 887. The van der Waals surface area contributed by atoms with Crippen LogP contribution in [0, 0.1) is 0 Å². The average molecular weight is 523 g/mol. The number of halogens is 1. The quantitative estimate of drug-likeness (QED) is 0.305. The number of hydrogen-bond acceptors (Lipinski definition) is 5. The molecule has 0 unspecified atom stereocenters. The summed E-state index contributed by atoms with van der Waals surface area (Å²) in [6.45, 7) is 7.60. The van der Waals surface area contributed by atoms with Crippen LogP contribution in [0.4, 0.5) is 5.00 Å². The molecule has 2 aromatic heterocycles. The van der Waals surface area contributed by atoms with Crippen LogP contribution in [-0.2, 0) is 6.54 Å². The lowest BCUT2D eigenvalue weighted by atomic mass is 10.1. The molecule has 154 valence electrons. The summed E-state index contributed by atoms with van der Waals surface area (Å²) in [6, 6.07) is 12.6. The van der Waals surface area contributed by atoms with Gasteiger partial charge >= 0.3 is 0 Å². The van der Waals surface area contributed by atoms with E-state index in [9.17, 15) is 0 Å². The van der Waals surface area contributed by atoms with E-state index in [0.717, 1.165) is 55.6 Å². The van der Waals surface area contributed by atoms with E-state index in [-0.39, 0.29) is 24.0 Å². The highest BCUT2D eigenvalue weighted by atomic mass is 127. The Hall–Kier alpha value is -2.14. The van der Waals surface area contributed by atoms with Crippen LogP contribution in [0.1, 0.15) is 12.5 Å². The van der Waals surface area contributed by atoms with Gasteiger partial charge in [0.2, 0.25) is 0 Å². The van der Waals surface area contributed by atoms with Crippen molar-refractivity contribution in [3.8, 4) is 11.4 Å². The topological polar surface area (TPSA) is 72.4 Å². The van der Waals surface area contributed by atoms with Gasteiger partial charge in [0.1, 0.15) is 6.33 Å². The Kier molecular flexibility index (Phi) is 7.87. The number of H-pyrrole nitrogens is 1. The van der Waals surface area contributed by atoms with Crippen molar-refractivity contribution >= 4 is 46.3 Å². The molecule has 0 spiro atoms. The van der Waals surface area contributed by atoms with Crippen LogP contribution in [0.25, 0.3) is 11.4 Å². The fourth-order valence-electron chi connectivity index (χ4n) is 3.34. The average Bonchev–Trinajstić information content (AvgIpc) is 3.46. The normalized spacial score (nSPS) is 14.6. The fraction of sp³-hybridized carbons (Fsp3) is 0.350. The highest BCUT2D eigenvalue weighted by Crippen LogP contribution is 2.22. The van der Waals surface area contributed by atoms with Crippen molar-refractivity contribution in [2.24, 2.45) is 4.99 Å². The highest BCUT2D eigenvalue weighted by Gasteiger charge is 2.20. The number of anilines is 1. The van der Waals surface area contributed by atoms with E-state index in [0.29, 0.717) is 6.54 Å². The summed E-state index contributed by atoms with van der Waals surface area (Å²) < 4.78 is 0. The van der Waals surface area contributed by atoms with E-state index < -0.39 is 0 Å². The Labute approximate surface area is 192 Å². The van der Waals surface area contributed by atoms with Gasteiger partial charge in [-0.2, -0.15) is 5.10 Å². The molecule has 9 heteroatoms. The van der Waals surface area contributed by atoms with Gasteiger partial charge in [-0.15, -0.1) is 35.3 Å². The van der Waals surface area contributed by atoms with Gasteiger partial charge in [-0.05, 0) is 36.1 Å². The van der Waals surface area contributed by atoms with Crippen LogP contribution in [0.5, 0.6) is 0 Å². The van der Waals surface area contributed by atoms with E-state index in [1.54, 1.807) is 11.3 Å². The lowest BCUT2D eigenvalue weighted by molar-refractivity contribution is 0.373. The van der Waals surface area contributed by atoms with E-state index in [2.05, 4.69) is 66.9 Å². The summed E-state index contributed by atoms with van der Waals surface area (Å²) in [6.07, 6.45) is 1.53. The number of thiophene rings is 1. The Balaban J connectivity index is 0.00000240. The Morgan fingerprint density at radius 2 is 2.07 bits per heavy atom. The molecule has 0 bridgehead atoms. The second-order valence-electron chi connectivity index (χ2n) is 6.63. The maximum atomic E-state index is 4.89. The van der Waals surface area contributed by atoms with Gasteiger partial charge in [0.15, 0.2) is 11.8 Å². The third-order valence-corrected chi connectivity index (χ3v) is 5.69. The first-order valence-electron chi connectivity index (χ1n) is 9.60. The molecule has 1 aromatic carbocycles. The summed E-state index contributed by atoms with van der Waals surface area (Å²) in [5, 5.41) is 13.8. The first-order chi connectivity index (χ1) is 13.8. The zero-order valence-electron chi connectivity index (χ0n) is 16.4. The predicted octanol–water partition coefficient (Wildman–Crippen LogP) is 3.44. The number of hydrogen-bond donors (Lipinski definition) is 2. The maximum absolute atomic E-state index is 4.89. The molecule has 0 aliphatic carbocycles. The van der Waals surface area contributed by atoms with E-state index >= 15 is 0 Å². The number of aromatic amines is 1. The van der Waals surface area contributed by atoms with Crippen LogP contribution in [0.15, 0.2) is 53.1 Å².